The zero-order valence-electron chi connectivity index (χ0n) is 22.3. The molecular formula is C32H24Cl2N6S2. The van der Waals surface area contributed by atoms with Crippen LogP contribution in [-0.4, -0.2) is 31.2 Å². The molecule has 1 aromatic heterocycles. The molecule has 0 spiro atoms. The van der Waals surface area contributed by atoms with E-state index in [9.17, 15) is 0 Å². The normalized spacial score (nSPS) is 11.6. The lowest BCUT2D eigenvalue weighted by Crippen LogP contribution is -2.45. The number of halogens is 2. The van der Waals surface area contributed by atoms with E-state index in [2.05, 4.69) is 45.2 Å². The van der Waals surface area contributed by atoms with Gasteiger partial charge in [-0.1, -0.05) is 77.8 Å². The van der Waals surface area contributed by atoms with E-state index < -0.39 is 0 Å². The Balaban J connectivity index is 1.18. The summed E-state index contributed by atoms with van der Waals surface area (Å²) < 4.78 is 2.10. The van der Waals surface area contributed by atoms with Crippen LogP contribution in [0.2, 0.25) is 10.0 Å². The molecule has 0 atom stereocenters. The first-order chi connectivity index (χ1) is 20.4. The zero-order valence-corrected chi connectivity index (χ0v) is 25.4. The van der Waals surface area contributed by atoms with Gasteiger partial charge in [0.15, 0.2) is 10.2 Å². The summed E-state index contributed by atoms with van der Waals surface area (Å²) in [5.74, 6) is 0. The Morgan fingerprint density at radius 1 is 0.976 bits per heavy atom. The van der Waals surface area contributed by atoms with Gasteiger partial charge >= 0.3 is 0 Å². The summed E-state index contributed by atoms with van der Waals surface area (Å²) in [5, 5.41) is 16.7. The quantitative estimate of drug-likeness (QED) is 0.147. The van der Waals surface area contributed by atoms with Crippen LogP contribution >= 0.6 is 47.6 Å². The Kier molecular flexibility index (Phi) is 8.09. The average Bonchev–Trinajstić information content (AvgIpc) is 3.60. The maximum Gasteiger partial charge on any atom is 0.184 e. The summed E-state index contributed by atoms with van der Waals surface area (Å²) in [6.45, 7) is 1.69. The predicted octanol–water partition coefficient (Wildman–Crippen LogP) is 7.62. The highest BCUT2D eigenvalue weighted by molar-refractivity contribution is 7.82. The highest BCUT2D eigenvalue weighted by Crippen LogP contribution is 2.52. The second-order valence-corrected chi connectivity index (χ2v) is 11.5. The molecular weight excluding hydrogens is 603 g/mol. The van der Waals surface area contributed by atoms with Gasteiger partial charge in [0.1, 0.15) is 0 Å². The number of thiocarbonyl (C=S) groups is 2. The number of rotatable bonds is 7. The molecule has 208 valence electrons. The minimum atomic E-state index is 0.452. The summed E-state index contributed by atoms with van der Waals surface area (Å²) in [7, 11) is 0. The number of imidazole rings is 1. The first-order valence-electron chi connectivity index (χ1n) is 13.3. The molecule has 5 aromatic rings. The van der Waals surface area contributed by atoms with Crippen LogP contribution in [0.3, 0.4) is 0 Å². The monoisotopic (exact) mass is 626 g/mol. The van der Waals surface area contributed by atoms with Crippen molar-refractivity contribution >= 4 is 80.0 Å². The SMILES string of the molecule is N#Cc1ccc(Cn2cncc2CCN(Cc2cccc(Cl)c2Cl)C(=S)NC(=S)N2c3ccc4ccccc4c32)cc1. The molecule has 2 heterocycles. The summed E-state index contributed by atoms with van der Waals surface area (Å²) in [6, 6.07) is 27.8. The van der Waals surface area contributed by atoms with Crippen LogP contribution in [0.4, 0.5) is 11.4 Å². The van der Waals surface area contributed by atoms with Crippen molar-refractivity contribution in [3.05, 3.63) is 124 Å². The number of aromatic nitrogens is 2. The van der Waals surface area contributed by atoms with Crippen molar-refractivity contribution in [1.82, 2.24) is 19.8 Å². The molecule has 1 aliphatic heterocycles. The van der Waals surface area contributed by atoms with Crippen molar-refractivity contribution in [3.8, 4) is 6.07 Å². The fourth-order valence-corrected chi connectivity index (χ4v) is 6.00. The summed E-state index contributed by atoms with van der Waals surface area (Å²) in [5.41, 5.74) is 5.82. The molecule has 6 nitrogen and oxygen atoms in total. The Morgan fingerprint density at radius 3 is 2.60 bits per heavy atom. The Hall–Kier alpha value is -4.00. The first-order valence-corrected chi connectivity index (χ1v) is 14.8. The van der Waals surface area contributed by atoms with Gasteiger partial charge in [-0.2, -0.15) is 5.26 Å². The largest absolute Gasteiger partial charge is 0.344 e. The van der Waals surface area contributed by atoms with E-state index in [1.807, 2.05) is 70.9 Å². The molecule has 6 rings (SSSR count). The van der Waals surface area contributed by atoms with E-state index >= 15 is 0 Å². The summed E-state index contributed by atoms with van der Waals surface area (Å²) in [6.07, 6.45) is 4.36. The van der Waals surface area contributed by atoms with Crippen molar-refractivity contribution in [2.45, 2.75) is 19.5 Å². The van der Waals surface area contributed by atoms with Crippen LogP contribution in [0.25, 0.3) is 10.8 Å². The fraction of sp³-hybridized carbons (Fsp3) is 0.125. The molecule has 1 aliphatic rings. The number of hydrogen-bond acceptors (Lipinski definition) is 4. The van der Waals surface area contributed by atoms with Gasteiger partial charge in [-0.25, -0.2) is 4.98 Å². The molecule has 0 unspecified atom stereocenters. The zero-order chi connectivity index (χ0) is 29.2. The van der Waals surface area contributed by atoms with Gasteiger partial charge in [0.2, 0.25) is 0 Å². The second-order valence-electron chi connectivity index (χ2n) is 9.93. The Morgan fingerprint density at radius 2 is 1.79 bits per heavy atom. The van der Waals surface area contributed by atoms with Gasteiger partial charge < -0.3 is 14.8 Å². The maximum atomic E-state index is 9.10. The molecule has 0 fully saturated rings. The van der Waals surface area contributed by atoms with E-state index in [1.54, 1.807) is 6.07 Å². The van der Waals surface area contributed by atoms with Crippen LogP contribution in [0.1, 0.15) is 22.4 Å². The molecule has 0 saturated carbocycles. The number of nitrogens with one attached hydrogen (secondary N) is 1. The molecule has 0 amide bonds. The molecule has 0 bridgehead atoms. The lowest BCUT2D eigenvalue weighted by atomic mass is 10.1. The minimum absolute atomic E-state index is 0.452. The van der Waals surface area contributed by atoms with Gasteiger partial charge in [-0.15, -0.1) is 0 Å². The molecule has 1 N–H and O–H groups in total. The number of anilines is 2. The molecule has 0 radical (unpaired) electrons. The van der Waals surface area contributed by atoms with Crippen molar-refractivity contribution in [3.63, 3.8) is 0 Å². The van der Waals surface area contributed by atoms with Crippen molar-refractivity contribution in [2.24, 2.45) is 0 Å². The van der Waals surface area contributed by atoms with E-state index in [1.165, 1.54) is 5.39 Å². The number of nitrogens with zero attached hydrogens (tertiary/aromatic N) is 5. The minimum Gasteiger partial charge on any atom is -0.344 e. The average molecular weight is 628 g/mol. The van der Waals surface area contributed by atoms with E-state index in [4.69, 9.17) is 52.9 Å². The molecule has 42 heavy (non-hydrogen) atoms. The smallest absolute Gasteiger partial charge is 0.184 e. The Labute approximate surface area is 264 Å². The van der Waals surface area contributed by atoms with Crippen LogP contribution in [0.15, 0.2) is 91.4 Å². The van der Waals surface area contributed by atoms with Crippen molar-refractivity contribution in [1.29, 1.82) is 5.26 Å². The molecule has 0 saturated heterocycles. The summed E-state index contributed by atoms with van der Waals surface area (Å²) in [4.78, 5) is 8.45. The van der Waals surface area contributed by atoms with Gasteiger partial charge in [-0.3, -0.25) is 4.90 Å². The first kappa shape index (κ1) is 28.1. The number of hydrogen-bond donors (Lipinski definition) is 1. The molecule has 4 aromatic carbocycles. The number of benzene rings is 4. The van der Waals surface area contributed by atoms with Crippen LogP contribution < -0.4 is 10.2 Å². The summed E-state index contributed by atoms with van der Waals surface area (Å²) >= 11 is 24.6. The van der Waals surface area contributed by atoms with Crippen LogP contribution in [0, 0.1) is 11.3 Å². The van der Waals surface area contributed by atoms with Gasteiger partial charge in [0.25, 0.3) is 0 Å². The van der Waals surface area contributed by atoms with Gasteiger partial charge in [0, 0.05) is 43.3 Å². The molecule has 0 aliphatic carbocycles. The number of nitriles is 1. The van der Waals surface area contributed by atoms with Crippen LogP contribution in [-0.2, 0) is 19.5 Å². The van der Waals surface area contributed by atoms with Gasteiger partial charge in [0.05, 0.1) is 39.4 Å². The highest BCUT2D eigenvalue weighted by Gasteiger charge is 2.35. The van der Waals surface area contributed by atoms with Crippen molar-refractivity contribution in [2.75, 3.05) is 11.4 Å². The lowest BCUT2D eigenvalue weighted by molar-refractivity contribution is 0.411. The molecule has 10 heteroatoms. The highest BCUT2D eigenvalue weighted by atomic mass is 35.5. The Bertz CT molecular complexity index is 1860. The topological polar surface area (TPSA) is 59.9 Å². The second kappa shape index (κ2) is 12.1. The van der Waals surface area contributed by atoms with E-state index in [0.717, 1.165) is 33.6 Å². The lowest BCUT2D eigenvalue weighted by Gasteiger charge is -2.27. The fourth-order valence-electron chi connectivity index (χ4n) is 5.01. The van der Waals surface area contributed by atoms with E-state index in [-0.39, 0.29) is 0 Å². The van der Waals surface area contributed by atoms with Crippen LogP contribution in [0.5, 0.6) is 0 Å². The number of fused-ring (bicyclic) bond motifs is 3. The third-order valence-corrected chi connectivity index (χ3v) is 8.77. The van der Waals surface area contributed by atoms with Gasteiger partial charge in [-0.05, 0) is 65.2 Å². The van der Waals surface area contributed by atoms with E-state index in [0.29, 0.717) is 51.9 Å². The maximum absolute atomic E-state index is 9.10. The third kappa shape index (κ3) is 5.83. The van der Waals surface area contributed by atoms with Crippen molar-refractivity contribution < 1.29 is 0 Å². The standard InChI is InChI=1S/C32H24Cl2N6S2/c33-27-7-3-5-24(29(27)34)19-38(15-14-25-17-36-20-39(25)18-22-10-8-21(16-35)9-11-22)31(41)37-32(42)40-28-13-12-23-4-1-2-6-26(23)30(28)40/h1-13,17,20H,14-15,18-19H2,(H,37,41,42). The predicted molar refractivity (Wildman–Crippen MR) is 177 cm³/mol. The third-order valence-electron chi connectivity index (χ3n) is 7.26.